The number of anilines is 2. The van der Waals surface area contributed by atoms with Crippen molar-refractivity contribution in [1.29, 1.82) is 0 Å². The van der Waals surface area contributed by atoms with Gasteiger partial charge in [-0.3, -0.25) is 4.79 Å². The van der Waals surface area contributed by atoms with Gasteiger partial charge in [0.25, 0.3) is 5.91 Å². The molecule has 4 N–H and O–H groups in total. The fraction of sp³-hybridized carbons (Fsp3) is 0.276. The van der Waals surface area contributed by atoms with Gasteiger partial charge in [-0.05, 0) is 42.2 Å². The van der Waals surface area contributed by atoms with Crippen molar-refractivity contribution in [3.05, 3.63) is 66.4 Å². The van der Waals surface area contributed by atoms with Crippen LogP contribution >= 0.6 is 0 Å². The molecule has 2 aromatic carbocycles. The van der Waals surface area contributed by atoms with Gasteiger partial charge in [0.2, 0.25) is 11.8 Å². The molecule has 0 bridgehead atoms. The van der Waals surface area contributed by atoms with Gasteiger partial charge in [-0.2, -0.15) is 9.97 Å². The van der Waals surface area contributed by atoms with Crippen LogP contribution in [-0.4, -0.2) is 60.4 Å². The summed E-state index contributed by atoms with van der Waals surface area (Å²) >= 11 is 0. The van der Waals surface area contributed by atoms with Gasteiger partial charge in [-0.25, -0.2) is 0 Å². The van der Waals surface area contributed by atoms with Crippen LogP contribution in [0.5, 0.6) is 11.6 Å². The van der Waals surface area contributed by atoms with Crippen molar-refractivity contribution in [2.24, 2.45) is 0 Å². The largest absolute Gasteiger partial charge is 0.495 e. The molecular formula is C29H30N6O4. The standard InChI is InChI=1S/C29H30N6O4/c1-16(30-2)17-4-6-18(7-5-17)22-13-31-26-25(22)28(39-21-9-10-21)35-29(34-26)33-23-11-8-19(12-24(23)37-3)27(36)32-20-14-38-15-20/h4-8,11-13,20-21,30H,1,9-10,14-15H2,2-3H3,(H,32,36)(H2,31,33,34,35). The topological polar surface area (TPSA) is 122 Å². The summed E-state index contributed by atoms with van der Waals surface area (Å²) in [5.74, 6) is 1.20. The molecule has 39 heavy (non-hydrogen) atoms. The zero-order valence-electron chi connectivity index (χ0n) is 21.8. The summed E-state index contributed by atoms with van der Waals surface area (Å²) < 4.78 is 16.9. The van der Waals surface area contributed by atoms with Crippen LogP contribution in [0.2, 0.25) is 0 Å². The Hall–Kier alpha value is -4.57. The normalized spacial score (nSPS) is 14.9. The molecule has 0 spiro atoms. The van der Waals surface area contributed by atoms with Crippen LogP contribution in [0.15, 0.2) is 55.2 Å². The van der Waals surface area contributed by atoms with Crippen LogP contribution in [0, 0.1) is 0 Å². The molecule has 1 saturated carbocycles. The predicted octanol–water partition coefficient (Wildman–Crippen LogP) is 4.24. The second kappa shape index (κ2) is 10.3. The van der Waals surface area contributed by atoms with Crippen LogP contribution in [0.25, 0.3) is 27.9 Å². The lowest BCUT2D eigenvalue weighted by Crippen LogP contribution is -2.48. The molecule has 1 saturated heterocycles. The average Bonchev–Trinajstić information content (AvgIpc) is 3.65. The molecule has 0 unspecified atom stereocenters. The van der Waals surface area contributed by atoms with E-state index in [1.54, 1.807) is 25.3 Å². The first kappa shape index (κ1) is 24.7. The summed E-state index contributed by atoms with van der Waals surface area (Å²) in [5.41, 5.74) is 5.63. The lowest BCUT2D eigenvalue weighted by atomic mass is 10.0. The van der Waals surface area contributed by atoms with Gasteiger partial charge in [0.05, 0.1) is 37.4 Å². The number of carbonyl (C=O) groups excluding carboxylic acids is 1. The van der Waals surface area contributed by atoms with E-state index < -0.39 is 0 Å². The first-order chi connectivity index (χ1) is 19.0. The first-order valence-corrected chi connectivity index (χ1v) is 12.9. The third-order valence-electron chi connectivity index (χ3n) is 6.83. The van der Waals surface area contributed by atoms with Crippen LogP contribution in [-0.2, 0) is 4.74 Å². The lowest BCUT2D eigenvalue weighted by Gasteiger charge is -2.26. The minimum atomic E-state index is -0.173. The first-order valence-electron chi connectivity index (χ1n) is 12.9. The Morgan fingerprint density at radius 3 is 2.54 bits per heavy atom. The number of hydrogen-bond donors (Lipinski definition) is 4. The Bertz CT molecular complexity index is 1540. The molecule has 0 atom stereocenters. The van der Waals surface area contributed by atoms with Crippen molar-refractivity contribution in [2.45, 2.75) is 25.0 Å². The maximum Gasteiger partial charge on any atom is 0.251 e. The molecule has 1 aliphatic heterocycles. The molecule has 6 rings (SSSR count). The van der Waals surface area contributed by atoms with Crippen LogP contribution in [0.3, 0.4) is 0 Å². The Kier molecular flexibility index (Phi) is 6.54. The number of aromatic amines is 1. The Balaban J connectivity index is 1.31. The number of hydrogen-bond acceptors (Lipinski definition) is 8. The summed E-state index contributed by atoms with van der Waals surface area (Å²) in [6.45, 7) is 5.10. The van der Waals surface area contributed by atoms with Gasteiger partial charge < -0.3 is 35.1 Å². The van der Waals surface area contributed by atoms with E-state index in [1.165, 1.54) is 0 Å². The van der Waals surface area contributed by atoms with Gasteiger partial charge in [-0.15, -0.1) is 0 Å². The van der Waals surface area contributed by atoms with Crippen molar-refractivity contribution in [3.63, 3.8) is 0 Å². The zero-order chi connectivity index (χ0) is 26.9. The van der Waals surface area contributed by atoms with Gasteiger partial charge in [-0.1, -0.05) is 30.8 Å². The van der Waals surface area contributed by atoms with Crippen molar-refractivity contribution in [2.75, 3.05) is 32.7 Å². The molecule has 1 amide bonds. The van der Waals surface area contributed by atoms with Gasteiger partial charge in [0, 0.05) is 30.1 Å². The highest BCUT2D eigenvalue weighted by Crippen LogP contribution is 2.38. The fourth-order valence-electron chi connectivity index (χ4n) is 4.35. The van der Waals surface area contributed by atoms with Crippen molar-refractivity contribution < 1.29 is 19.0 Å². The Morgan fingerprint density at radius 1 is 1.10 bits per heavy atom. The molecule has 2 aliphatic rings. The Morgan fingerprint density at radius 2 is 1.87 bits per heavy atom. The molecule has 4 aromatic rings. The van der Waals surface area contributed by atoms with E-state index in [9.17, 15) is 4.79 Å². The van der Waals surface area contributed by atoms with Crippen molar-refractivity contribution in [3.8, 4) is 22.8 Å². The summed E-state index contributed by atoms with van der Waals surface area (Å²) in [6.07, 6.45) is 4.07. The molecule has 0 radical (unpaired) electrons. The molecule has 2 fully saturated rings. The van der Waals surface area contributed by atoms with E-state index in [2.05, 4.69) is 27.5 Å². The molecule has 10 nitrogen and oxygen atoms in total. The summed E-state index contributed by atoms with van der Waals surface area (Å²) in [6, 6.07) is 13.4. The summed E-state index contributed by atoms with van der Waals surface area (Å²) in [4.78, 5) is 25.3. The van der Waals surface area contributed by atoms with E-state index in [0.717, 1.165) is 40.6 Å². The number of methoxy groups -OCH3 is 1. The number of fused-ring (bicyclic) bond motifs is 1. The molecule has 200 valence electrons. The van der Waals surface area contributed by atoms with Crippen molar-refractivity contribution >= 4 is 34.3 Å². The zero-order valence-corrected chi connectivity index (χ0v) is 21.8. The van der Waals surface area contributed by atoms with Crippen LogP contribution < -0.4 is 25.4 Å². The molecule has 10 heteroatoms. The smallest absolute Gasteiger partial charge is 0.251 e. The van der Waals surface area contributed by atoms with Gasteiger partial charge in [0.1, 0.15) is 17.5 Å². The number of ether oxygens (including phenoxy) is 3. The number of H-pyrrole nitrogens is 1. The maximum absolute atomic E-state index is 12.6. The van der Waals surface area contributed by atoms with Crippen LogP contribution in [0.4, 0.5) is 11.6 Å². The second-order valence-corrected chi connectivity index (χ2v) is 9.65. The number of amides is 1. The van der Waals surface area contributed by atoms with E-state index in [0.29, 0.717) is 47.7 Å². The quantitative estimate of drug-likeness (QED) is 0.242. The number of benzene rings is 2. The number of carbonyl (C=O) groups is 1. The maximum atomic E-state index is 12.6. The summed E-state index contributed by atoms with van der Waals surface area (Å²) in [7, 11) is 3.41. The highest BCUT2D eigenvalue weighted by Gasteiger charge is 2.27. The van der Waals surface area contributed by atoms with Crippen LogP contribution in [0.1, 0.15) is 28.8 Å². The Labute approximate surface area is 225 Å². The minimum Gasteiger partial charge on any atom is -0.495 e. The number of nitrogens with zero attached hydrogens (tertiary/aromatic N) is 2. The number of aromatic nitrogens is 3. The number of rotatable bonds is 10. The highest BCUT2D eigenvalue weighted by molar-refractivity contribution is 5.98. The van der Waals surface area contributed by atoms with E-state index in [4.69, 9.17) is 24.2 Å². The SMILES string of the molecule is C=C(NC)c1ccc(-c2c[nH]c3nc(Nc4ccc(C(=O)NC5COC5)cc4OC)nc(OC4CC4)c23)cc1. The highest BCUT2D eigenvalue weighted by atomic mass is 16.5. The lowest BCUT2D eigenvalue weighted by molar-refractivity contribution is -0.00346. The molecular weight excluding hydrogens is 496 g/mol. The van der Waals surface area contributed by atoms with E-state index in [-0.39, 0.29) is 18.1 Å². The number of nitrogens with one attached hydrogen (secondary N) is 4. The molecule has 3 heterocycles. The third-order valence-corrected chi connectivity index (χ3v) is 6.83. The van der Waals surface area contributed by atoms with Gasteiger partial charge in [0.15, 0.2) is 0 Å². The fourth-order valence-corrected chi connectivity index (χ4v) is 4.35. The van der Waals surface area contributed by atoms with Crippen molar-refractivity contribution in [1.82, 2.24) is 25.6 Å². The molecule has 1 aliphatic carbocycles. The average molecular weight is 527 g/mol. The minimum absolute atomic E-state index is 0.0442. The van der Waals surface area contributed by atoms with Gasteiger partial charge >= 0.3 is 0 Å². The third kappa shape index (κ3) is 5.10. The van der Waals surface area contributed by atoms with E-state index >= 15 is 0 Å². The molecule has 2 aromatic heterocycles. The summed E-state index contributed by atoms with van der Waals surface area (Å²) in [5, 5.41) is 10.1. The predicted molar refractivity (Wildman–Crippen MR) is 149 cm³/mol. The monoisotopic (exact) mass is 526 g/mol. The second-order valence-electron chi connectivity index (χ2n) is 9.65. The van der Waals surface area contributed by atoms with E-state index in [1.807, 2.05) is 37.5 Å².